The van der Waals surface area contributed by atoms with Crippen molar-refractivity contribution in [2.45, 2.75) is 155 Å². The third kappa shape index (κ3) is 17.2. The summed E-state index contributed by atoms with van der Waals surface area (Å²) in [6, 6.07) is 23.0. The number of nitrogens with zero attached hydrogens (tertiary/aromatic N) is 3. The van der Waals surface area contributed by atoms with Crippen LogP contribution in [0.5, 0.6) is 0 Å². The minimum atomic E-state index is 0.980. The number of rotatable bonds is 28. The lowest BCUT2D eigenvalue weighted by molar-refractivity contribution is 0.416. The Morgan fingerprint density at radius 3 is 1.22 bits per heavy atom. The Morgan fingerprint density at radius 1 is 0.449 bits per heavy atom. The molecular weight excluding hydrogens is 595 g/mol. The summed E-state index contributed by atoms with van der Waals surface area (Å²) < 4.78 is 0. The van der Waals surface area contributed by atoms with Gasteiger partial charge in [0.2, 0.25) is 0 Å². The highest BCUT2D eigenvalue weighted by Gasteiger charge is 2.12. The van der Waals surface area contributed by atoms with E-state index in [4.69, 9.17) is 4.98 Å². The Labute approximate surface area is 303 Å². The first kappa shape index (κ1) is 40.8. The molecule has 0 unspecified atom stereocenters. The maximum absolute atomic E-state index is 5.31. The molecule has 0 spiro atoms. The van der Waals surface area contributed by atoms with Crippen molar-refractivity contribution in [3.63, 3.8) is 0 Å². The van der Waals surface area contributed by atoms with E-state index in [1.807, 2.05) is 0 Å². The van der Waals surface area contributed by atoms with Gasteiger partial charge in [-0.05, 0) is 75.2 Å². The zero-order chi connectivity index (χ0) is 34.9. The molecule has 3 rings (SSSR count). The summed E-state index contributed by atoms with van der Waals surface area (Å²) >= 11 is 0. The van der Waals surface area contributed by atoms with Crippen molar-refractivity contribution in [2.24, 2.45) is 0 Å². The molecule has 3 aromatic rings. The van der Waals surface area contributed by atoms with E-state index in [1.54, 1.807) is 0 Å². The van der Waals surface area contributed by atoms with Crippen LogP contribution in [0.1, 0.15) is 153 Å². The molecule has 0 N–H and O–H groups in total. The van der Waals surface area contributed by atoms with Crippen LogP contribution < -0.4 is 4.90 Å². The number of unbranched alkanes of at least 4 members (excludes halogenated alkanes) is 18. The van der Waals surface area contributed by atoms with Gasteiger partial charge < -0.3 is 9.80 Å². The van der Waals surface area contributed by atoms with Crippen LogP contribution in [0.25, 0.3) is 22.5 Å². The fraction of sp³-hybridized carbons (Fsp3) is 0.630. The molecule has 0 aliphatic rings. The van der Waals surface area contributed by atoms with Gasteiger partial charge >= 0.3 is 0 Å². The molecule has 1 heterocycles. The van der Waals surface area contributed by atoms with Gasteiger partial charge in [-0.1, -0.05) is 166 Å². The van der Waals surface area contributed by atoms with Crippen molar-refractivity contribution >= 4 is 5.69 Å². The van der Waals surface area contributed by atoms with Gasteiger partial charge in [0, 0.05) is 37.0 Å². The van der Waals surface area contributed by atoms with Crippen LogP contribution >= 0.6 is 0 Å². The SMILES string of the molecule is CCCCCCCCCCCCc1cccc(-c2cc(N(C)CCN(C)C)cc(-c3cccc(CCCCCCCCCCCC)c3)n2)c1. The van der Waals surface area contributed by atoms with E-state index in [2.05, 4.69) is 105 Å². The molecular formula is C46H73N3. The van der Waals surface area contributed by atoms with Crippen LogP contribution in [0.4, 0.5) is 5.69 Å². The van der Waals surface area contributed by atoms with Gasteiger partial charge in [0.15, 0.2) is 0 Å². The molecule has 1 aromatic heterocycles. The van der Waals surface area contributed by atoms with Crippen LogP contribution in [0.15, 0.2) is 60.7 Å². The lowest BCUT2D eigenvalue weighted by Gasteiger charge is -2.23. The molecule has 0 bridgehead atoms. The third-order valence-corrected chi connectivity index (χ3v) is 10.2. The fourth-order valence-corrected chi connectivity index (χ4v) is 6.92. The van der Waals surface area contributed by atoms with E-state index >= 15 is 0 Å². The van der Waals surface area contributed by atoms with Crippen LogP contribution in [0, 0.1) is 0 Å². The lowest BCUT2D eigenvalue weighted by Crippen LogP contribution is -2.28. The van der Waals surface area contributed by atoms with Crippen LogP contribution in [-0.2, 0) is 12.8 Å². The highest BCUT2D eigenvalue weighted by Crippen LogP contribution is 2.30. The molecule has 3 nitrogen and oxygen atoms in total. The zero-order valence-electron chi connectivity index (χ0n) is 32.6. The number of hydrogen-bond acceptors (Lipinski definition) is 3. The molecule has 0 amide bonds. The number of likely N-dealkylation sites (N-methyl/N-ethyl adjacent to an activating group) is 2. The summed E-state index contributed by atoms with van der Waals surface area (Å²) in [6.07, 6.45) is 29.9. The summed E-state index contributed by atoms with van der Waals surface area (Å²) in [5.41, 5.74) is 8.73. The summed E-state index contributed by atoms with van der Waals surface area (Å²) in [5, 5.41) is 0. The molecule has 49 heavy (non-hydrogen) atoms. The molecule has 0 atom stereocenters. The second-order valence-electron chi connectivity index (χ2n) is 15.1. The van der Waals surface area contributed by atoms with Gasteiger partial charge in [0.25, 0.3) is 0 Å². The maximum Gasteiger partial charge on any atom is 0.0730 e. The van der Waals surface area contributed by atoms with E-state index in [-0.39, 0.29) is 0 Å². The Kier molecular flexibility index (Phi) is 21.1. The molecule has 0 saturated heterocycles. The predicted molar refractivity (Wildman–Crippen MR) is 218 cm³/mol. The second-order valence-corrected chi connectivity index (χ2v) is 15.1. The molecule has 0 saturated carbocycles. The second kappa shape index (κ2) is 25.3. The summed E-state index contributed by atoms with van der Waals surface area (Å²) in [4.78, 5) is 9.95. The largest absolute Gasteiger partial charge is 0.373 e. The molecule has 0 aliphatic carbocycles. The lowest BCUT2D eigenvalue weighted by atomic mass is 9.99. The zero-order valence-corrected chi connectivity index (χ0v) is 32.6. The first-order valence-electron chi connectivity index (χ1n) is 20.6. The highest BCUT2D eigenvalue weighted by atomic mass is 15.2. The Hall–Kier alpha value is -2.65. The average Bonchev–Trinajstić information content (AvgIpc) is 3.12. The van der Waals surface area contributed by atoms with E-state index in [9.17, 15) is 0 Å². The standard InChI is InChI=1S/C46H73N3/c1-6-8-10-12-14-16-18-20-22-24-28-40-30-26-32-42(36-40)45-38-44(49(5)35-34-48(3)4)39-46(47-45)43-33-27-31-41(37-43)29-25-23-21-19-17-15-13-11-9-7-2/h26-27,30-33,36-39H,6-25,28-29,34-35H2,1-5H3. The van der Waals surface area contributed by atoms with Gasteiger partial charge in [-0.2, -0.15) is 0 Å². The minimum absolute atomic E-state index is 0.980. The fourth-order valence-electron chi connectivity index (χ4n) is 6.92. The normalized spacial score (nSPS) is 11.5. The van der Waals surface area contributed by atoms with Crippen LogP contribution in [0.3, 0.4) is 0 Å². The molecule has 3 heteroatoms. The third-order valence-electron chi connectivity index (χ3n) is 10.2. The molecule has 2 aromatic carbocycles. The summed E-state index contributed by atoms with van der Waals surface area (Å²) in [6.45, 7) is 6.60. The van der Waals surface area contributed by atoms with E-state index in [0.29, 0.717) is 0 Å². The van der Waals surface area contributed by atoms with E-state index in [0.717, 1.165) is 37.3 Å². The number of aryl methyl sites for hydroxylation is 2. The molecule has 0 fully saturated rings. The van der Waals surface area contributed by atoms with Gasteiger partial charge in [-0.3, -0.25) is 0 Å². The predicted octanol–water partition coefficient (Wildman–Crippen LogP) is 13.3. The summed E-state index contributed by atoms with van der Waals surface area (Å²) in [7, 11) is 6.52. The number of aromatic nitrogens is 1. The van der Waals surface area contributed by atoms with Crippen molar-refractivity contribution in [2.75, 3.05) is 39.1 Å². The van der Waals surface area contributed by atoms with Crippen molar-refractivity contribution in [1.82, 2.24) is 9.88 Å². The average molecular weight is 668 g/mol. The van der Waals surface area contributed by atoms with E-state index in [1.165, 1.54) is 156 Å². The van der Waals surface area contributed by atoms with Gasteiger partial charge in [-0.15, -0.1) is 0 Å². The van der Waals surface area contributed by atoms with Crippen molar-refractivity contribution in [3.05, 3.63) is 71.8 Å². The Balaban J connectivity index is 1.62. The van der Waals surface area contributed by atoms with Crippen LogP contribution in [-0.4, -0.2) is 44.1 Å². The van der Waals surface area contributed by atoms with Crippen molar-refractivity contribution < 1.29 is 0 Å². The number of benzene rings is 2. The van der Waals surface area contributed by atoms with Crippen LogP contribution in [0.2, 0.25) is 0 Å². The number of hydrogen-bond donors (Lipinski definition) is 0. The topological polar surface area (TPSA) is 19.4 Å². The monoisotopic (exact) mass is 668 g/mol. The van der Waals surface area contributed by atoms with Crippen molar-refractivity contribution in [3.8, 4) is 22.5 Å². The Morgan fingerprint density at radius 2 is 0.837 bits per heavy atom. The maximum atomic E-state index is 5.31. The molecule has 0 radical (unpaired) electrons. The van der Waals surface area contributed by atoms with Crippen molar-refractivity contribution in [1.29, 1.82) is 0 Å². The number of anilines is 1. The molecule has 272 valence electrons. The van der Waals surface area contributed by atoms with Gasteiger partial charge in [0.1, 0.15) is 0 Å². The first-order chi connectivity index (χ1) is 24.0. The van der Waals surface area contributed by atoms with Gasteiger partial charge in [0.05, 0.1) is 11.4 Å². The quantitative estimate of drug-likeness (QED) is 0.0718. The molecule has 0 aliphatic heterocycles. The minimum Gasteiger partial charge on any atom is -0.373 e. The smallest absolute Gasteiger partial charge is 0.0730 e. The number of pyridine rings is 1. The first-order valence-corrected chi connectivity index (χ1v) is 20.6. The van der Waals surface area contributed by atoms with E-state index < -0.39 is 0 Å². The summed E-state index contributed by atoms with van der Waals surface area (Å²) in [5.74, 6) is 0. The Bertz CT molecular complexity index is 1180. The van der Waals surface area contributed by atoms with Gasteiger partial charge in [-0.25, -0.2) is 4.98 Å². The highest BCUT2D eigenvalue weighted by molar-refractivity contribution is 5.73.